The van der Waals surface area contributed by atoms with E-state index in [0.717, 1.165) is 12.0 Å². The number of unbranched alkanes of at least 4 members (excludes halogenated alkanes) is 1. The largest absolute Gasteiger partial charge is 0.458 e. The topological polar surface area (TPSA) is 153 Å². The molecule has 252 valence electrons. The fourth-order valence-corrected chi connectivity index (χ4v) is 6.97. The standard InChI is InChI=1S/C32H56N4O8/c1-10-24-32(7)28(36(31(40)44-32)16-12-11-14-33)22(6)34-15-13-18(2)27(20(4)25(37)21(5)29(39)42-24)43-30-26(38)23(35(8)9)17-19(3)41-30/h13,19-24,26-28,30,34,38H,10-12,14-17,33H2,1-9H3/b18-13+/t19-,20-,21-,22-,23?,24-,26?,27+,28-,30+,32-/m1/s1. The molecule has 3 rings (SSSR count). The summed E-state index contributed by atoms with van der Waals surface area (Å²) in [5.74, 6) is -2.87. The number of nitrogens with one attached hydrogen (secondary N) is 1. The van der Waals surface area contributed by atoms with Gasteiger partial charge in [0.2, 0.25) is 0 Å². The Morgan fingerprint density at radius 3 is 2.48 bits per heavy atom. The number of esters is 1. The van der Waals surface area contributed by atoms with Crippen molar-refractivity contribution in [3.05, 3.63) is 11.6 Å². The summed E-state index contributed by atoms with van der Waals surface area (Å²) in [5, 5.41) is 14.7. The number of hydrogen-bond donors (Lipinski definition) is 3. The lowest BCUT2D eigenvalue weighted by molar-refractivity contribution is -0.267. The van der Waals surface area contributed by atoms with Gasteiger partial charge in [0.1, 0.15) is 18.1 Å². The van der Waals surface area contributed by atoms with E-state index in [-0.39, 0.29) is 24.0 Å². The summed E-state index contributed by atoms with van der Waals surface area (Å²) < 4.78 is 24.5. The highest BCUT2D eigenvalue weighted by atomic mass is 16.7. The van der Waals surface area contributed by atoms with Crippen molar-refractivity contribution in [2.75, 3.05) is 33.7 Å². The first-order valence-corrected chi connectivity index (χ1v) is 16.2. The second kappa shape index (κ2) is 15.5. The maximum atomic E-state index is 13.8. The second-order valence-electron chi connectivity index (χ2n) is 13.2. The lowest BCUT2D eigenvalue weighted by atomic mass is 9.83. The molecule has 0 aromatic rings. The van der Waals surface area contributed by atoms with Crippen LogP contribution in [0.25, 0.3) is 0 Å². The van der Waals surface area contributed by atoms with Gasteiger partial charge in [0.25, 0.3) is 0 Å². The molecule has 0 aromatic carbocycles. The summed E-state index contributed by atoms with van der Waals surface area (Å²) in [5.41, 5.74) is 5.32. The summed E-state index contributed by atoms with van der Waals surface area (Å²) in [7, 11) is 3.80. The molecule has 0 aliphatic carbocycles. The number of ketones is 1. The number of nitrogens with zero attached hydrogens (tertiary/aromatic N) is 2. The van der Waals surface area contributed by atoms with Crippen molar-refractivity contribution in [2.45, 2.75) is 129 Å². The van der Waals surface area contributed by atoms with E-state index in [1.54, 1.807) is 11.8 Å². The van der Waals surface area contributed by atoms with Gasteiger partial charge in [-0.25, -0.2) is 4.79 Å². The average molecular weight is 625 g/mol. The molecular weight excluding hydrogens is 568 g/mol. The van der Waals surface area contributed by atoms with Gasteiger partial charge in [-0.05, 0) is 86.5 Å². The summed E-state index contributed by atoms with van der Waals surface area (Å²) in [6.07, 6.45) is 0.396. The molecule has 0 aromatic heterocycles. The van der Waals surface area contributed by atoms with Crippen LogP contribution in [0.2, 0.25) is 0 Å². The first kappa shape index (κ1) is 36.4. The van der Waals surface area contributed by atoms with Crippen molar-refractivity contribution in [2.24, 2.45) is 17.6 Å². The van der Waals surface area contributed by atoms with Gasteiger partial charge in [-0.2, -0.15) is 0 Å². The molecule has 0 saturated carbocycles. The van der Waals surface area contributed by atoms with E-state index in [0.29, 0.717) is 38.9 Å². The highest BCUT2D eigenvalue weighted by Gasteiger charge is 2.58. The van der Waals surface area contributed by atoms with Crippen LogP contribution in [-0.2, 0) is 28.5 Å². The minimum absolute atomic E-state index is 0.162. The number of carbonyl (C=O) groups is 3. The number of carbonyl (C=O) groups excluding carboxylic acids is 3. The summed E-state index contributed by atoms with van der Waals surface area (Å²) in [6.45, 7) is 14.1. The first-order chi connectivity index (χ1) is 20.7. The molecule has 11 atom stereocenters. The molecule has 2 fully saturated rings. The van der Waals surface area contributed by atoms with Crippen LogP contribution < -0.4 is 11.1 Å². The third-order valence-corrected chi connectivity index (χ3v) is 9.61. The number of aliphatic hydroxyl groups excluding tert-OH is 1. The summed E-state index contributed by atoms with van der Waals surface area (Å²) >= 11 is 0. The highest BCUT2D eigenvalue weighted by molar-refractivity contribution is 6.00. The number of Topliss-reactive ketones (excluding diaryl/α,β-unsaturated/α-hetero) is 1. The van der Waals surface area contributed by atoms with Gasteiger partial charge in [-0.3, -0.25) is 14.5 Å². The van der Waals surface area contributed by atoms with Crippen molar-refractivity contribution in [3.8, 4) is 0 Å². The molecule has 3 aliphatic rings. The molecule has 12 nitrogen and oxygen atoms in total. The predicted molar refractivity (Wildman–Crippen MR) is 166 cm³/mol. The Balaban J connectivity index is 1.99. The molecule has 3 heterocycles. The van der Waals surface area contributed by atoms with Crippen LogP contribution in [0.15, 0.2) is 11.6 Å². The number of fused-ring (bicyclic) bond motifs is 1. The van der Waals surface area contributed by atoms with Crippen molar-refractivity contribution in [3.63, 3.8) is 0 Å². The van der Waals surface area contributed by atoms with Crippen LogP contribution in [0.3, 0.4) is 0 Å². The molecule has 1 amide bonds. The molecule has 3 aliphatic heterocycles. The van der Waals surface area contributed by atoms with Crippen molar-refractivity contribution in [1.82, 2.24) is 15.1 Å². The van der Waals surface area contributed by atoms with Crippen molar-refractivity contribution in [1.29, 1.82) is 0 Å². The summed E-state index contributed by atoms with van der Waals surface area (Å²) in [4.78, 5) is 44.2. The zero-order chi connectivity index (χ0) is 32.9. The molecule has 12 heteroatoms. The van der Waals surface area contributed by atoms with Crippen LogP contribution in [0.4, 0.5) is 4.79 Å². The van der Waals surface area contributed by atoms with Gasteiger partial charge >= 0.3 is 12.1 Å². The third-order valence-electron chi connectivity index (χ3n) is 9.61. The van der Waals surface area contributed by atoms with E-state index in [4.69, 9.17) is 24.7 Å². The SMILES string of the molecule is CC[C@H]1OC(=O)[C@H](C)C(=O)[C@@H](C)[C@@H](O[C@@H]2O[C@H](C)CC(N(C)C)C2O)/C(C)=C/CN[C@H](C)[C@H]2N(CCCCN)C(=O)O[C@]12C. The minimum Gasteiger partial charge on any atom is -0.458 e. The Morgan fingerprint density at radius 2 is 1.86 bits per heavy atom. The van der Waals surface area contributed by atoms with E-state index in [1.807, 2.05) is 59.7 Å². The highest BCUT2D eigenvalue weighted by Crippen LogP contribution is 2.38. The van der Waals surface area contributed by atoms with Gasteiger partial charge in [-0.1, -0.05) is 19.9 Å². The van der Waals surface area contributed by atoms with Gasteiger partial charge in [0, 0.05) is 31.1 Å². The molecule has 4 N–H and O–H groups in total. The van der Waals surface area contributed by atoms with Crippen LogP contribution in [0.5, 0.6) is 0 Å². The minimum atomic E-state index is -1.15. The maximum Gasteiger partial charge on any atom is 0.410 e. The Labute approximate surface area is 262 Å². The second-order valence-corrected chi connectivity index (χ2v) is 13.2. The number of likely N-dealkylation sites (N-methyl/N-ethyl adjacent to an activating group) is 1. The number of ether oxygens (including phenoxy) is 4. The third kappa shape index (κ3) is 7.82. The maximum absolute atomic E-state index is 13.8. The lowest BCUT2D eigenvalue weighted by Gasteiger charge is -2.43. The van der Waals surface area contributed by atoms with Crippen molar-refractivity contribution >= 4 is 17.8 Å². The number of amides is 1. The molecule has 0 bridgehead atoms. The van der Waals surface area contributed by atoms with Crippen LogP contribution in [0.1, 0.15) is 74.1 Å². The molecule has 0 spiro atoms. The van der Waals surface area contributed by atoms with Gasteiger partial charge in [0.05, 0.1) is 18.2 Å². The van der Waals surface area contributed by atoms with E-state index in [9.17, 15) is 19.5 Å². The Hall–Kier alpha value is -2.09. The van der Waals surface area contributed by atoms with E-state index >= 15 is 0 Å². The smallest absolute Gasteiger partial charge is 0.410 e. The predicted octanol–water partition coefficient (Wildman–Crippen LogP) is 2.22. The number of nitrogens with two attached hydrogens (primary N) is 1. The Bertz CT molecular complexity index is 1040. The monoisotopic (exact) mass is 624 g/mol. The zero-order valence-corrected chi connectivity index (χ0v) is 28.1. The molecule has 2 saturated heterocycles. The van der Waals surface area contributed by atoms with Crippen LogP contribution in [-0.4, -0.2) is 121 Å². The Morgan fingerprint density at radius 1 is 1.18 bits per heavy atom. The lowest BCUT2D eigenvalue weighted by Crippen LogP contribution is -2.60. The Kier molecular flexibility index (Phi) is 12.8. The average Bonchev–Trinajstić information content (AvgIpc) is 3.23. The van der Waals surface area contributed by atoms with E-state index < -0.39 is 60.1 Å². The van der Waals surface area contributed by atoms with Crippen LogP contribution in [0, 0.1) is 11.8 Å². The quantitative estimate of drug-likeness (QED) is 0.158. The molecule has 2 unspecified atom stereocenters. The van der Waals surface area contributed by atoms with Gasteiger partial charge < -0.3 is 40.0 Å². The number of rotatable bonds is 8. The molecule has 44 heavy (non-hydrogen) atoms. The first-order valence-electron chi connectivity index (χ1n) is 16.2. The fraction of sp³-hybridized carbons (Fsp3) is 0.844. The molecule has 0 radical (unpaired) electrons. The number of aliphatic hydroxyl groups is 1. The number of hydrogen-bond acceptors (Lipinski definition) is 11. The van der Waals surface area contributed by atoms with Gasteiger partial charge in [-0.15, -0.1) is 0 Å². The molecular formula is C32H56N4O8. The zero-order valence-electron chi connectivity index (χ0n) is 28.1. The summed E-state index contributed by atoms with van der Waals surface area (Å²) in [6, 6.07) is -0.877. The number of cyclic esters (lactones) is 1. The van der Waals surface area contributed by atoms with Crippen LogP contribution >= 0.6 is 0 Å². The van der Waals surface area contributed by atoms with E-state index in [2.05, 4.69) is 5.32 Å². The van der Waals surface area contributed by atoms with Gasteiger partial charge in [0.15, 0.2) is 17.7 Å². The fourth-order valence-electron chi connectivity index (χ4n) is 6.97. The van der Waals surface area contributed by atoms with E-state index in [1.165, 1.54) is 6.92 Å². The normalized spacial score (nSPS) is 40.6. The van der Waals surface area contributed by atoms with Crippen molar-refractivity contribution < 1.29 is 38.4 Å².